The molecule has 180 valence electrons. The molecular formula is C33H26N2OS. The van der Waals surface area contributed by atoms with Gasteiger partial charge in [0.2, 0.25) is 0 Å². The van der Waals surface area contributed by atoms with Crippen molar-refractivity contribution in [2.45, 2.75) is 19.3 Å². The number of rotatable bonds is 5. The Labute approximate surface area is 220 Å². The first-order valence-corrected chi connectivity index (χ1v) is 13.1. The molecule has 0 atom stereocenters. The highest BCUT2D eigenvalue weighted by Crippen LogP contribution is 2.43. The zero-order valence-corrected chi connectivity index (χ0v) is 21.5. The van der Waals surface area contributed by atoms with E-state index in [0.717, 1.165) is 43.2 Å². The molecule has 0 radical (unpaired) electrons. The largest absolute Gasteiger partial charge is 0.507 e. The number of para-hydroxylation sites is 1. The van der Waals surface area contributed by atoms with E-state index in [1.165, 1.54) is 11.1 Å². The molecule has 3 nitrogen and oxygen atoms in total. The molecule has 0 saturated carbocycles. The molecule has 0 fully saturated rings. The normalized spacial score (nSPS) is 11.6. The molecular weight excluding hydrogens is 472 g/mol. The molecule has 0 spiro atoms. The van der Waals surface area contributed by atoms with Crippen molar-refractivity contribution in [3.05, 3.63) is 127 Å². The highest BCUT2D eigenvalue weighted by Gasteiger charge is 2.26. The number of phenols is 1. The van der Waals surface area contributed by atoms with Gasteiger partial charge in [0.05, 0.1) is 21.5 Å². The number of nitrogens with zero attached hydrogens (tertiary/aromatic N) is 2. The zero-order valence-electron chi connectivity index (χ0n) is 20.7. The Morgan fingerprint density at radius 2 is 1.43 bits per heavy atom. The first kappa shape index (κ1) is 23.1. The van der Waals surface area contributed by atoms with Crippen LogP contribution in [0.2, 0.25) is 0 Å². The summed E-state index contributed by atoms with van der Waals surface area (Å²) in [6, 6.07) is 37.0. The second-order valence-corrected chi connectivity index (χ2v) is 10.7. The number of thiazole rings is 1. The van der Waals surface area contributed by atoms with Crippen LogP contribution >= 0.6 is 11.3 Å². The van der Waals surface area contributed by atoms with E-state index in [1.807, 2.05) is 42.6 Å². The first-order chi connectivity index (χ1) is 18.0. The Balaban J connectivity index is 1.59. The van der Waals surface area contributed by atoms with Gasteiger partial charge in [-0.1, -0.05) is 80.6 Å². The lowest BCUT2D eigenvalue weighted by atomic mass is 9.77. The molecule has 4 aromatic carbocycles. The van der Waals surface area contributed by atoms with Gasteiger partial charge < -0.3 is 5.11 Å². The first-order valence-electron chi connectivity index (χ1n) is 12.3. The molecule has 2 heterocycles. The van der Waals surface area contributed by atoms with Crippen LogP contribution in [0.3, 0.4) is 0 Å². The molecule has 2 aromatic heterocycles. The van der Waals surface area contributed by atoms with Gasteiger partial charge in [0, 0.05) is 22.7 Å². The predicted molar refractivity (Wildman–Crippen MR) is 154 cm³/mol. The fourth-order valence-corrected chi connectivity index (χ4v) is 5.85. The molecule has 0 unspecified atom stereocenters. The third-order valence-corrected chi connectivity index (χ3v) is 8.02. The van der Waals surface area contributed by atoms with Gasteiger partial charge in [-0.3, -0.25) is 4.98 Å². The Bertz CT molecular complexity index is 1710. The van der Waals surface area contributed by atoms with Crippen molar-refractivity contribution in [3.63, 3.8) is 0 Å². The quantitative estimate of drug-likeness (QED) is 0.258. The minimum absolute atomic E-state index is 0.207. The third kappa shape index (κ3) is 4.30. The second-order valence-electron chi connectivity index (χ2n) is 9.69. The molecule has 6 rings (SSSR count). The van der Waals surface area contributed by atoms with E-state index in [0.29, 0.717) is 0 Å². The smallest absolute Gasteiger partial charge is 0.128 e. The average Bonchev–Trinajstić information content (AvgIpc) is 3.38. The number of hydrogen-bond donors (Lipinski definition) is 1. The minimum Gasteiger partial charge on any atom is -0.507 e. The lowest BCUT2D eigenvalue weighted by Gasteiger charge is -2.27. The number of pyridine rings is 1. The molecule has 0 aliphatic rings. The molecule has 0 saturated heterocycles. The summed E-state index contributed by atoms with van der Waals surface area (Å²) in [5, 5.41) is 11.3. The van der Waals surface area contributed by atoms with E-state index in [2.05, 4.69) is 85.6 Å². The number of hydrogen-bond acceptors (Lipinski definition) is 4. The minimum atomic E-state index is -0.207. The van der Waals surface area contributed by atoms with Crippen LogP contribution in [0.25, 0.3) is 43.2 Å². The van der Waals surface area contributed by atoms with Gasteiger partial charge in [0.25, 0.3) is 0 Å². The van der Waals surface area contributed by atoms with Crippen molar-refractivity contribution >= 4 is 21.6 Å². The lowest BCUT2D eigenvalue weighted by molar-refractivity contribution is 0.477. The average molecular weight is 499 g/mol. The van der Waals surface area contributed by atoms with E-state index in [1.54, 1.807) is 17.4 Å². The second kappa shape index (κ2) is 9.30. The molecule has 37 heavy (non-hydrogen) atoms. The number of phenolic OH excluding ortho intramolecular Hbond substituents is 1. The van der Waals surface area contributed by atoms with Crippen molar-refractivity contribution < 1.29 is 5.11 Å². The van der Waals surface area contributed by atoms with Crippen LogP contribution in [-0.4, -0.2) is 15.1 Å². The Kier molecular flexibility index (Phi) is 5.82. The van der Waals surface area contributed by atoms with Crippen LogP contribution in [0.4, 0.5) is 0 Å². The predicted octanol–water partition coefficient (Wildman–Crippen LogP) is 8.72. The monoisotopic (exact) mass is 498 g/mol. The van der Waals surface area contributed by atoms with Gasteiger partial charge in [-0.2, -0.15) is 0 Å². The summed E-state index contributed by atoms with van der Waals surface area (Å²) < 4.78 is 1.10. The van der Waals surface area contributed by atoms with Crippen LogP contribution < -0.4 is 0 Å². The molecule has 0 aliphatic heterocycles. The standard InChI is InChI=1S/C33H26N2OS/c1-33(2,24-13-4-3-5-14-24)25-20-27(22-11-10-12-23(19-22)28-16-8-9-18-34-28)31-30(21-25)37-32(35-31)26-15-6-7-17-29(26)36/h3-21,36H,1-2H3. The van der Waals surface area contributed by atoms with Crippen LogP contribution in [0, 0.1) is 0 Å². The maximum Gasteiger partial charge on any atom is 0.128 e. The van der Waals surface area contributed by atoms with E-state index >= 15 is 0 Å². The topological polar surface area (TPSA) is 46.0 Å². The zero-order chi connectivity index (χ0) is 25.4. The third-order valence-electron chi connectivity index (χ3n) is 6.98. The number of fused-ring (bicyclic) bond motifs is 1. The lowest BCUT2D eigenvalue weighted by Crippen LogP contribution is -2.18. The van der Waals surface area contributed by atoms with E-state index in [-0.39, 0.29) is 11.2 Å². The van der Waals surface area contributed by atoms with Gasteiger partial charge >= 0.3 is 0 Å². The highest BCUT2D eigenvalue weighted by atomic mass is 32.1. The molecule has 4 heteroatoms. The summed E-state index contributed by atoms with van der Waals surface area (Å²) in [6.07, 6.45) is 1.82. The number of benzene rings is 4. The van der Waals surface area contributed by atoms with E-state index in [9.17, 15) is 5.11 Å². The van der Waals surface area contributed by atoms with Gasteiger partial charge in [0.1, 0.15) is 10.8 Å². The van der Waals surface area contributed by atoms with Crippen molar-refractivity contribution in [1.82, 2.24) is 9.97 Å². The van der Waals surface area contributed by atoms with Gasteiger partial charge in [-0.05, 0) is 59.2 Å². The summed E-state index contributed by atoms with van der Waals surface area (Å²) in [5.41, 5.74) is 8.13. The molecule has 6 aromatic rings. The van der Waals surface area contributed by atoms with Crippen LogP contribution in [0.15, 0.2) is 115 Å². The summed E-state index contributed by atoms with van der Waals surface area (Å²) in [6.45, 7) is 4.53. The summed E-state index contributed by atoms with van der Waals surface area (Å²) >= 11 is 1.62. The fraction of sp³-hybridized carbons (Fsp3) is 0.0909. The fourth-order valence-electron chi connectivity index (χ4n) is 4.78. The SMILES string of the molecule is CC(C)(c1ccccc1)c1cc(-c2cccc(-c3ccccn3)c2)c2nc(-c3ccccc3O)sc2c1. The van der Waals surface area contributed by atoms with Gasteiger partial charge in [0.15, 0.2) is 0 Å². The summed E-state index contributed by atoms with van der Waals surface area (Å²) in [5.74, 6) is 0.241. The molecule has 0 bridgehead atoms. The van der Waals surface area contributed by atoms with Crippen molar-refractivity contribution in [3.8, 4) is 38.7 Å². The Hall–Kier alpha value is -4.28. The maximum absolute atomic E-state index is 10.5. The molecule has 0 amide bonds. The van der Waals surface area contributed by atoms with Gasteiger partial charge in [-0.25, -0.2) is 4.98 Å². The Morgan fingerprint density at radius 3 is 2.22 bits per heavy atom. The van der Waals surface area contributed by atoms with Crippen LogP contribution in [0.1, 0.15) is 25.0 Å². The number of aromatic hydroxyl groups is 1. The Morgan fingerprint density at radius 1 is 0.676 bits per heavy atom. The number of aromatic nitrogens is 2. The van der Waals surface area contributed by atoms with Crippen LogP contribution in [0.5, 0.6) is 5.75 Å². The van der Waals surface area contributed by atoms with Crippen LogP contribution in [-0.2, 0) is 5.41 Å². The highest BCUT2D eigenvalue weighted by molar-refractivity contribution is 7.21. The van der Waals surface area contributed by atoms with Crippen molar-refractivity contribution in [1.29, 1.82) is 0 Å². The maximum atomic E-state index is 10.5. The van der Waals surface area contributed by atoms with Crippen molar-refractivity contribution in [2.24, 2.45) is 0 Å². The van der Waals surface area contributed by atoms with E-state index in [4.69, 9.17) is 4.98 Å². The van der Waals surface area contributed by atoms with Gasteiger partial charge in [-0.15, -0.1) is 11.3 Å². The van der Waals surface area contributed by atoms with E-state index < -0.39 is 0 Å². The van der Waals surface area contributed by atoms with Crippen molar-refractivity contribution in [2.75, 3.05) is 0 Å². The molecule has 1 N–H and O–H groups in total. The summed E-state index contributed by atoms with van der Waals surface area (Å²) in [4.78, 5) is 9.62. The molecule has 0 aliphatic carbocycles. The summed E-state index contributed by atoms with van der Waals surface area (Å²) in [7, 11) is 0.